The average molecular weight is 297 g/mol. The largest absolute Gasteiger partial charge is 0.480 e. The first-order chi connectivity index (χ1) is 9.40. The second-order valence-electron chi connectivity index (χ2n) is 4.43. The second kappa shape index (κ2) is 7.55. The van der Waals surface area contributed by atoms with Crippen molar-refractivity contribution < 1.29 is 14.7 Å². The van der Waals surface area contributed by atoms with Crippen LogP contribution < -0.4 is 10.2 Å². The van der Waals surface area contributed by atoms with Gasteiger partial charge < -0.3 is 10.4 Å². The van der Waals surface area contributed by atoms with Gasteiger partial charge in [-0.2, -0.15) is 0 Å². The molecule has 0 aliphatic carbocycles. The van der Waals surface area contributed by atoms with Crippen molar-refractivity contribution in [2.75, 3.05) is 18.0 Å². The Balaban J connectivity index is 2.86. The topological polar surface area (TPSA) is 69.6 Å². The van der Waals surface area contributed by atoms with Gasteiger partial charge in [0.1, 0.15) is 6.54 Å². The number of anilines is 1. The van der Waals surface area contributed by atoms with E-state index in [-0.39, 0.29) is 0 Å². The number of hydrogen-bond acceptors (Lipinski definition) is 2. The van der Waals surface area contributed by atoms with Crippen LogP contribution in [0.3, 0.4) is 0 Å². The highest BCUT2D eigenvalue weighted by atomic mass is 35.5. The van der Waals surface area contributed by atoms with E-state index in [0.717, 1.165) is 10.5 Å². The second-order valence-corrected chi connectivity index (χ2v) is 4.86. The molecule has 0 aliphatic heterocycles. The Morgan fingerprint density at radius 3 is 2.65 bits per heavy atom. The van der Waals surface area contributed by atoms with Crippen LogP contribution in [0.15, 0.2) is 35.9 Å². The first kappa shape index (κ1) is 16.0. The molecule has 1 rings (SSSR count). The lowest BCUT2D eigenvalue weighted by Crippen LogP contribution is -2.43. The third kappa shape index (κ3) is 5.32. The zero-order chi connectivity index (χ0) is 15.1. The zero-order valence-corrected chi connectivity index (χ0v) is 12.1. The molecule has 0 saturated carbocycles. The zero-order valence-electron chi connectivity index (χ0n) is 11.4. The number of aliphatic carboxylic acids is 1. The van der Waals surface area contributed by atoms with Crippen LogP contribution in [0.4, 0.5) is 10.5 Å². The number of benzene rings is 1. The van der Waals surface area contributed by atoms with Crippen LogP contribution in [-0.4, -0.2) is 30.2 Å². The summed E-state index contributed by atoms with van der Waals surface area (Å²) in [5.41, 5.74) is 1.51. The van der Waals surface area contributed by atoms with Gasteiger partial charge in [-0.3, -0.25) is 9.69 Å². The van der Waals surface area contributed by atoms with Gasteiger partial charge in [0, 0.05) is 17.3 Å². The number of nitrogens with one attached hydrogen (secondary N) is 1. The molecule has 20 heavy (non-hydrogen) atoms. The highest BCUT2D eigenvalue weighted by molar-refractivity contribution is 6.30. The number of allylic oxidation sites excluding steroid dienone is 1. The van der Waals surface area contributed by atoms with Crippen molar-refractivity contribution in [3.8, 4) is 0 Å². The number of carbonyl (C=O) groups is 2. The Labute approximate surface area is 122 Å². The lowest BCUT2D eigenvalue weighted by molar-refractivity contribution is -0.135. The smallest absolute Gasteiger partial charge is 0.323 e. The van der Waals surface area contributed by atoms with Crippen molar-refractivity contribution in [3.05, 3.63) is 40.9 Å². The Kier molecular flexibility index (Phi) is 6.06. The van der Waals surface area contributed by atoms with Crippen LogP contribution in [0.2, 0.25) is 5.02 Å². The van der Waals surface area contributed by atoms with Crippen molar-refractivity contribution >= 4 is 29.3 Å². The molecule has 0 radical (unpaired) electrons. The number of amides is 2. The fourth-order valence-corrected chi connectivity index (χ4v) is 1.68. The molecule has 0 aromatic heterocycles. The van der Waals surface area contributed by atoms with Crippen LogP contribution in [0.5, 0.6) is 0 Å². The van der Waals surface area contributed by atoms with Gasteiger partial charge in [0.05, 0.1) is 0 Å². The summed E-state index contributed by atoms with van der Waals surface area (Å²) in [6.45, 7) is 3.75. The summed E-state index contributed by atoms with van der Waals surface area (Å²) in [6.07, 6.45) is 1.84. The van der Waals surface area contributed by atoms with Crippen molar-refractivity contribution in [1.29, 1.82) is 0 Å². The first-order valence-corrected chi connectivity index (χ1v) is 6.44. The van der Waals surface area contributed by atoms with Gasteiger partial charge >= 0.3 is 12.0 Å². The van der Waals surface area contributed by atoms with E-state index in [1.807, 2.05) is 19.9 Å². The molecule has 5 nitrogen and oxygen atoms in total. The predicted molar refractivity (Wildman–Crippen MR) is 79.3 cm³/mol. The molecule has 0 bridgehead atoms. The molecule has 1 aromatic rings. The molecular weight excluding hydrogens is 280 g/mol. The molecule has 0 atom stereocenters. The van der Waals surface area contributed by atoms with E-state index in [1.165, 1.54) is 0 Å². The number of halogens is 1. The van der Waals surface area contributed by atoms with Crippen LogP contribution in [0, 0.1) is 0 Å². The molecule has 2 amide bonds. The van der Waals surface area contributed by atoms with Gasteiger partial charge in [-0.1, -0.05) is 29.3 Å². The standard InChI is InChI=1S/C14H17ClN2O3/c1-10(2)6-7-16-14(20)17(9-13(18)19)12-5-3-4-11(15)8-12/h3-6,8H,7,9H2,1-2H3,(H,16,20)(H,18,19). The lowest BCUT2D eigenvalue weighted by Gasteiger charge is -2.21. The highest BCUT2D eigenvalue weighted by Crippen LogP contribution is 2.19. The number of carboxylic acid groups (broad SMARTS) is 1. The minimum absolute atomic E-state index is 0.345. The number of hydrogen-bond donors (Lipinski definition) is 2. The normalized spacial score (nSPS) is 9.75. The van der Waals surface area contributed by atoms with E-state index in [9.17, 15) is 9.59 Å². The van der Waals surface area contributed by atoms with Crippen LogP contribution >= 0.6 is 11.6 Å². The van der Waals surface area contributed by atoms with E-state index in [4.69, 9.17) is 16.7 Å². The monoisotopic (exact) mass is 296 g/mol. The maximum atomic E-state index is 12.1. The van der Waals surface area contributed by atoms with Crippen molar-refractivity contribution in [3.63, 3.8) is 0 Å². The Morgan fingerprint density at radius 2 is 2.10 bits per heavy atom. The number of nitrogens with zero attached hydrogens (tertiary/aromatic N) is 1. The van der Waals surface area contributed by atoms with Crippen LogP contribution in [-0.2, 0) is 4.79 Å². The summed E-state index contributed by atoms with van der Waals surface area (Å²) in [7, 11) is 0. The minimum Gasteiger partial charge on any atom is -0.480 e. The van der Waals surface area contributed by atoms with Crippen LogP contribution in [0.25, 0.3) is 0 Å². The van der Waals surface area contributed by atoms with Crippen molar-refractivity contribution in [2.24, 2.45) is 0 Å². The predicted octanol–water partition coefficient (Wildman–Crippen LogP) is 2.91. The van der Waals surface area contributed by atoms with Gasteiger partial charge in [-0.15, -0.1) is 0 Å². The summed E-state index contributed by atoms with van der Waals surface area (Å²) in [5, 5.41) is 12.0. The van der Waals surface area contributed by atoms with Gasteiger partial charge in [0.2, 0.25) is 0 Å². The summed E-state index contributed by atoms with van der Waals surface area (Å²) < 4.78 is 0. The Morgan fingerprint density at radius 1 is 1.40 bits per heavy atom. The quantitative estimate of drug-likeness (QED) is 0.821. The van der Waals surface area contributed by atoms with Crippen molar-refractivity contribution in [2.45, 2.75) is 13.8 Å². The Bertz CT molecular complexity index is 525. The molecule has 0 aliphatic rings. The third-order valence-electron chi connectivity index (χ3n) is 2.42. The van der Waals surface area contributed by atoms with Crippen molar-refractivity contribution in [1.82, 2.24) is 5.32 Å². The molecule has 0 unspecified atom stereocenters. The van der Waals surface area contributed by atoms with E-state index < -0.39 is 18.5 Å². The maximum absolute atomic E-state index is 12.1. The number of carbonyl (C=O) groups excluding carboxylic acids is 1. The molecule has 1 aromatic carbocycles. The number of urea groups is 1. The fraction of sp³-hybridized carbons (Fsp3) is 0.286. The lowest BCUT2D eigenvalue weighted by atomic mass is 10.3. The molecule has 0 fully saturated rings. The van der Waals surface area contributed by atoms with Gasteiger partial charge in [-0.25, -0.2) is 4.79 Å². The van der Waals surface area contributed by atoms with Gasteiger partial charge in [0.25, 0.3) is 0 Å². The summed E-state index contributed by atoms with van der Waals surface area (Å²) in [4.78, 5) is 24.1. The summed E-state index contributed by atoms with van der Waals surface area (Å²) in [5.74, 6) is -1.10. The minimum atomic E-state index is -1.10. The third-order valence-corrected chi connectivity index (χ3v) is 2.66. The molecule has 6 heteroatoms. The van der Waals surface area contributed by atoms with E-state index in [0.29, 0.717) is 17.3 Å². The van der Waals surface area contributed by atoms with E-state index >= 15 is 0 Å². The van der Waals surface area contributed by atoms with Gasteiger partial charge in [0.15, 0.2) is 0 Å². The fourth-order valence-electron chi connectivity index (χ4n) is 1.50. The molecule has 0 heterocycles. The Hall–Kier alpha value is -2.01. The highest BCUT2D eigenvalue weighted by Gasteiger charge is 2.18. The summed E-state index contributed by atoms with van der Waals surface area (Å²) >= 11 is 5.86. The molecule has 0 saturated heterocycles. The average Bonchev–Trinajstić information content (AvgIpc) is 2.35. The number of carboxylic acids is 1. The molecule has 108 valence electrons. The molecular formula is C14H17ClN2O3. The van der Waals surface area contributed by atoms with Crippen LogP contribution in [0.1, 0.15) is 13.8 Å². The summed E-state index contributed by atoms with van der Waals surface area (Å²) in [6, 6.07) is 6.02. The number of rotatable bonds is 5. The molecule has 2 N–H and O–H groups in total. The van der Waals surface area contributed by atoms with Gasteiger partial charge in [-0.05, 0) is 32.0 Å². The maximum Gasteiger partial charge on any atom is 0.323 e. The first-order valence-electron chi connectivity index (χ1n) is 6.06. The van der Waals surface area contributed by atoms with E-state index in [2.05, 4.69) is 5.32 Å². The SMILES string of the molecule is CC(C)=CCNC(=O)N(CC(=O)O)c1cccc(Cl)c1. The van der Waals surface area contributed by atoms with E-state index in [1.54, 1.807) is 24.3 Å². The molecule has 0 spiro atoms.